The largest absolute Gasteiger partial charge is 4.00 e. The van der Waals surface area contributed by atoms with E-state index in [1.807, 2.05) is 243 Å². The second kappa shape index (κ2) is 29.8. The molecule has 0 N–H and O–H groups in total. The quantitative estimate of drug-likeness (QED) is 0.108. The third-order valence-corrected chi connectivity index (χ3v) is 27.5. The second-order valence-corrected chi connectivity index (χ2v) is 38.7. The van der Waals surface area contributed by atoms with Gasteiger partial charge < -0.3 is 53.7 Å². The minimum absolute atomic E-state index is 0. The second-order valence-electron chi connectivity index (χ2n) is 14.2. The molecule has 0 bridgehead atoms. The number of rotatable bonds is 8. The Morgan fingerprint density at radius 3 is 0.470 bits per heavy atom. The molecule has 0 aromatic heterocycles. The molecular weight excluding hydrogens is 1260 g/mol. The topological polar surface area (TPSA) is 9.23 Å². The maximum Gasteiger partial charge on any atom is 4.00 e. The van der Waals surface area contributed by atoms with Crippen LogP contribution in [0.15, 0.2) is 243 Å². The van der Waals surface area contributed by atoms with E-state index >= 15 is 0 Å². The van der Waals surface area contributed by atoms with E-state index in [9.17, 15) is 0 Å². The first-order chi connectivity index (χ1) is 31.3. The third-order valence-electron chi connectivity index (χ3n) is 9.60. The third kappa shape index (κ3) is 17.9. The summed E-state index contributed by atoms with van der Waals surface area (Å²) in [5, 5.41) is 0.864. The molecule has 0 atom stereocenters. The van der Waals surface area contributed by atoms with Crippen molar-refractivity contribution in [1.82, 2.24) is 0 Å². The van der Waals surface area contributed by atoms with E-state index in [1.54, 1.807) is 0 Å². The van der Waals surface area contributed by atoms with E-state index in [0.29, 0.717) is 0 Å². The van der Waals surface area contributed by atoms with E-state index in [0.717, 1.165) is 55.7 Å². The zero-order chi connectivity index (χ0) is 46.4. The molecule has 8 aromatic rings. The average molecular weight is 1310 g/mol. The van der Waals surface area contributed by atoms with Crippen LogP contribution < -0.4 is 42.4 Å². The summed E-state index contributed by atoms with van der Waals surface area (Å²) < 4.78 is 4.94. The van der Waals surface area contributed by atoms with Gasteiger partial charge in [-0.1, -0.05) is 243 Å². The molecule has 8 aromatic carbocycles. The number of benzene rings is 8. The molecule has 1 heterocycles. The first kappa shape index (κ1) is 57.4. The summed E-state index contributed by atoms with van der Waals surface area (Å²) in [6.07, 6.45) is 2.56. The van der Waals surface area contributed by atoms with Crippen LogP contribution in [0.1, 0.15) is 12.8 Å². The molecule has 1 aliphatic rings. The molecule has 9 rings (SSSR count). The molecule has 0 unspecified atom stereocenters. The molecule has 1 saturated heterocycles. The van der Waals surface area contributed by atoms with Crippen LogP contribution in [0.5, 0.6) is 0 Å². The van der Waals surface area contributed by atoms with Gasteiger partial charge in [0.2, 0.25) is 0 Å². The molecule has 1 fully saturated rings. The Bertz CT molecular complexity index is 2220. The molecule has 0 aliphatic carbocycles. The normalized spacial score (nSPS) is 12.1. The summed E-state index contributed by atoms with van der Waals surface area (Å²) in [7, 11) is 0. The molecule has 0 radical (unpaired) electrons. The summed E-state index contributed by atoms with van der Waals surface area (Å²) in [5.74, 6) is 0. The van der Waals surface area contributed by atoms with Crippen LogP contribution in [-0.2, 0) is 101 Å². The number of ether oxygens (including phenoxy) is 1. The summed E-state index contributed by atoms with van der Waals surface area (Å²) in [5.41, 5.74) is 0. The molecule has 1 nitrogen and oxygen atoms in total. The fraction of sp³-hybridized carbons (Fsp3) is 0.0769. The van der Waals surface area contributed by atoms with Crippen LogP contribution in [0.2, 0.25) is 0 Å². The molecule has 0 amide bonds. The number of hydrogen-bond donors (Lipinski definition) is 0. The van der Waals surface area contributed by atoms with Crippen molar-refractivity contribution in [3.8, 4) is 0 Å². The predicted octanol–water partition coefficient (Wildman–Crippen LogP) is 11.1. The van der Waals surface area contributed by atoms with Gasteiger partial charge in [0.05, 0.1) is 0 Å². The maximum atomic E-state index is 5.60. The molecule has 0 saturated carbocycles. The van der Waals surface area contributed by atoms with Crippen molar-refractivity contribution in [3.05, 3.63) is 243 Å². The van der Waals surface area contributed by atoms with Crippen molar-refractivity contribution in [3.63, 3.8) is 0 Å². The van der Waals surface area contributed by atoms with Crippen molar-refractivity contribution in [2.45, 2.75) is 12.8 Å². The molecule has 66 heavy (non-hydrogen) atoms. The van der Waals surface area contributed by atoms with Crippen molar-refractivity contribution in [2.75, 3.05) is 13.2 Å². The van der Waals surface area contributed by atoms with Gasteiger partial charge in [0.15, 0.2) is 0 Å². The van der Waals surface area contributed by atoms with Crippen molar-refractivity contribution >= 4 is 160 Å². The van der Waals surface area contributed by atoms with E-state index in [2.05, 4.69) is 0 Å². The molecular formula is C52H48OP4S8U. The Hall–Kier alpha value is -1.23. The summed E-state index contributed by atoms with van der Waals surface area (Å²) in [6.45, 7) is 2.00. The van der Waals surface area contributed by atoms with Crippen LogP contribution >= 0.6 is 21.0 Å². The first-order valence-corrected chi connectivity index (χ1v) is 35.9. The van der Waals surface area contributed by atoms with Gasteiger partial charge in [0, 0.05) is 13.2 Å². The minimum Gasteiger partial charge on any atom is -0.738 e. The summed E-state index contributed by atoms with van der Waals surface area (Å²) >= 11 is 44.8. The fourth-order valence-electron chi connectivity index (χ4n) is 6.10. The van der Waals surface area contributed by atoms with Gasteiger partial charge in [0.25, 0.3) is 0 Å². The van der Waals surface area contributed by atoms with Crippen LogP contribution in [0.25, 0.3) is 0 Å². The molecule has 0 spiro atoms. The maximum absolute atomic E-state index is 5.60. The van der Waals surface area contributed by atoms with Crippen LogP contribution in [0.4, 0.5) is 0 Å². The van der Waals surface area contributed by atoms with Crippen molar-refractivity contribution in [1.29, 1.82) is 0 Å². The SMILES string of the molecule is C1CCOC1.S=P([S-])(c1ccccc1)c1ccccc1.S=P([S-])(c1ccccc1)c1ccccc1.S=P([S-])(c1ccccc1)c1ccccc1.S=P([S-])(c1ccccc1)c1ccccc1.[U+4]. The molecule has 1 aliphatic heterocycles. The van der Waals surface area contributed by atoms with Crippen molar-refractivity contribution in [2.24, 2.45) is 0 Å². The van der Waals surface area contributed by atoms with Crippen LogP contribution in [0.3, 0.4) is 0 Å². The van der Waals surface area contributed by atoms with E-state index < -0.39 is 21.0 Å². The standard InChI is InChI=1S/4C12H11PS2.C4H8O.U/c4*14-13(15,11-7-3-1-4-8-11)12-9-5-2-6-10-12;1-2-4-5-3-1;/h4*1-10H,(H,14,15);1-4H2;/q;;;;;+4/p-4. The Morgan fingerprint density at radius 1 is 0.258 bits per heavy atom. The van der Waals surface area contributed by atoms with E-state index in [-0.39, 0.29) is 31.1 Å². The van der Waals surface area contributed by atoms with Gasteiger partial charge in [-0.15, -0.1) is 68.2 Å². The Kier molecular flexibility index (Phi) is 25.9. The van der Waals surface area contributed by atoms with E-state index in [4.69, 9.17) is 101 Å². The Morgan fingerprint density at radius 2 is 0.379 bits per heavy atom. The number of hydrogen-bond acceptors (Lipinski definition) is 9. The average Bonchev–Trinajstić information content (AvgIpc) is 3.98. The van der Waals surface area contributed by atoms with Gasteiger partial charge in [-0.25, -0.2) is 0 Å². The zero-order valence-electron chi connectivity index (χ0n) is 35.9. The smallest absolute Gasteiger partial charge is 0.738 e. The summed E-state index contributed by atoms with van der Waals surface area (Å²) in [4.78, 5) is 0. The monoisotopic (exact) mass is 1310 g/mol. The summed E-state index contributed by atoms with van der Waals surface area (Å²) in [6, 6.07) is 80.2. The van der Waals surface area contributed by atoms with Gasteiger partial charge in [0.1, 0.15) is 0 Å². The molecule has 14 heteroatoms. The van der Waals surface area contributed by atoms with Gasteiger partial charge in [-0.05, 0) is 55.3 Å². The first-order valence-electron chi connectivity index (χ1n) is 20.6. The van der Waals surface area contributed by atoms with Crippen LogP contribution in [0, 0.1) is 31.1 Å². The Labute approximate surface area is 458 Å². The molecule has 334 valence electrons. The van der Waals surface area contributed by atoms with Crippen molar-refractivity contribution < 1.29 is 35.9 Å². The van der Waals surface area contributed by atoms with Gasteiger partial charge in [-0.2, -0.15) is 0 Å². The van der Waals surface area contributed by atoms with Gasteiger partial charge in [-0.3, -0.25) is 0 Å². The zero-order valence-corrected chi connectivity index (χ0v) is 50.2. The Balaban J connectivity index is 0.000000184. The van der Waals surface area contributed by atoms with Crippen LogP contribution in [-0.4, -0.2) is 13.2 Å². The minimum atomic E-state index is -1.98. The fourth-order valence-corrected chi connectivity index (χ4v) is 17.7. The van der Waals surface area contributed by atoms with E-state index in [1.165, 1.54) is 12.8 Å². The predicted molar refractivity (Wildman–Crippen MR) is 315 cm³/mol. The van der Waals surface area contributed by atoms with Gasteiger partial charge >= 0.3 is 31.1 Å².